The molecule has 1 saturated heterocycles. The van der Waals surface area contributed by atoms with Crippen molar-refractivity contribution in [1.82, 2.24) is 25.3 Å². The van der Waals surface area contributed by atoms with Crippen molar-refractivity contribution in [2.24, 2.45) is 28.7 Å². The van der Waals surface area contributed by atoms with Crippen LogP contribution in [0.25, 0.3) is 0 Å². The number of guanidine groups is 1. The Morgan fingerprint density at radius 3 is 2.47 bits per heavy atom. The summed E-state index contributed by atoms with van der Waals surface area (Å²) in [6, 6.07) is 0. The van der Waals surface area contributed by atoms with Crippen LogP contribution in [0.4, 0.5) is 0 Å². The molecule has 4 rings (SSSR count). The number of amides is 2. The average Bonchev–Trinajstić information content (AvgIpc) is 3.46. The Bertz CT molecular complexity index is 805. The fourth-order valence-corrected chi connectivity index (χ4v) is 4.83. The number of fused-ring (bicyclic) bond motifs is 5. The Hall–Kier alpha value is -1.91. The number of hydrogen-bond donors (Lipinski definition) is 2. The number of nitrogens with one attached hydrogen (secondary N) is 2. The third-order valence-corrected chi connectivity index (χ3v) is 6.11. The van der Waals surface area contributed by atoms with Gasteiger partial charge < -0.3 is 10.6 Å². The third-order valence-electron chi connectivity index (χ3n) is 6.11. The second kappa shape index (κ2) is 9.93. The number of rotatable bonds is 8. The SMILES string of the molecule is CCNC(=NCCCn1cc(C)cn1)NCCN1C(=O)C2C3C=CC(C3)C2C1=O.I. The lowest BCUT2D eigenvalue weighted by Crippen LogP contribution is -2.43. The predicted molar refractivity (Wildman–Crippen MR) is 125 cm³/mol. The summed E-state index contributed by atoms with van der Waals surface area (Å²) in [6.07, 6.45) is 9.98. The van der Waals surface area contributed by atoms with Crippen LogP contribution in [0.1, 0.15) is 25.3 Å². The van der Waals surface area contributed by atoms with Crippen molar-refractivity contribution in [1.29, 1.82) is 0 Å². The fraction of sp³-hybridized carbons (Fsp3) is 0.619. The lowest BCUT2D eigenvalue weighted by molar-refractivity contribution is -0.140. The summed E-state index contributed by atoms with van der Waals surface area (Å²) in [6.45, 7) is 7.19. The minimum atomic E-state index is -0.120. The standard InChI is InChI=1S/C21H30N6O2.HI/c1-3-22-21(23-7-4-9-26-13-14(2)12-25-26)24-8-10-27-19(28)17-15-5-6-16(11-15)18(17)20(27)29;/h5-6,12-13,15-18H,3-4,7-11H2,1-2H3,(H2,22,23,24);1H. The molecule has 8 nitrogen and oxygen atoms in total. The van der Waals surface area contributed by atoms with Gasteiger partial charge in [-0.15, -0.1) is 24.0 Å². The van der Waals surface area contributed by atoms with Crippen LogP contribution < -0.4 is 10.6 Å². The molecule has 2 aliphatic carbocycles. The quantitative estimate of drug-likeness (QED) is 0.134. The van der Waals surface area contributed by atoms with E-state index in [1.54, 1.807) is 0 Å². The fourth-order valence-electron chi connectivity index (χ4n) is 4.83. The Kier molecular flexibility index (Phi) is 7.54. The highest BCUT2D eigenvalue weighted by Gasteiger charge is 2.58. The van der Waals surface area contributed by atoms with Crippen molar-refractivity contribution in [3.8, 4) is 0 Å². The van der Waals surface area contributed by atoms with E-state index in [2.05, 4.69) is 32.9 Å². The molecule has 3 aliphatic rings. The molecule has 1 aromatic heterocycles. The number of imide groups is 1. The molecule has 30 heavy (non-hydrogen) atoms. The van der Waals surface area contributed by atoms with Gasteiger partial charge in [-0.3, -0.25) is 24.2 Å². The number of nitrogens with zero attached hydrogens (tertiary/aromatic N) is 4. The minimum Gasteiger partial charge on any atom is -0.357 e. The number of aliphatic imine (C=N–C) groups is 1. The minimum absolute atomic E-state index is 0. The largest absolute Gasteiger partial charge is 0.357 e. The molecule has 2 fully saturated rings. The Morgan fingerprint density at radius 2 is 1.87 bits per heavy atom. The number of aryl methyl sites for hydroxylation is 2. The summed E-state index contributed by atoms with van der Waals surface area (Å²) < 4.78 is 1.93. The Labute approximate surface area is 194 Å². The second-order valence-corrected chi connectivity index (χ2v) is 8.15. The molecular formula is C21H31IN6O2. The molecule has 4 atom stereocenters. The van der Waals surface area contributed by atoms with E-state index in [-0.39, 0.29) is 59.5 Å². The average molecular weight is 526 g/mol. The third kappa shape index (κ3) is 4.55. The van der Waals surface area contributed by atoms with Gasteiger partial charge in [0.1, 0.15) is 0 Å². The summed E-state index contributed by atoms with van der Waals surface area (Å²) >= 11 is 0. The molecule has 0 aromatic carbocycles. The lowest BCUT2D eigenvalue weighted by Gasteiger charge is -2.18. The summed E-state index contributed by atoms with van der Waals surface area (Å²) in [4.78, 5) is 31.5. The lowest BCUT2D eigenvalue weighted by atomic mass is 9.85. The van der Waals surface area contributed by atoms with Gasteiger partial charge in [0, 0.05) is 38.9 Å². The zero-order valence-corrected chi connectivity index (χ0v) is 19.9. The molecule has 1 saturated carbocycles. The number of carbonyl (C=O) groups excluding carboxylic acids is 2. The van der Waals surface area contributed by atoms with Crippen LogP contribution in [-0.4, -0.2) is 58.6 Å². The highest BCUT2D eigenvalue weighted by Crippen LogP contribution is 2.52. The van der Waals surface area contributed by atoms with Crippen molar-refractivity contribution in [2.45, 2.75) is 33.2 Å². The van der Waals surface area contributed by atoms with Gasteiger partial charge in [-0.1, -0.05) is 12.2 Å². The number of aromatic nitrogens is 2. The number of allylic oxidation sites excluding steroid dienone is 2. The van der Waals surface area contributed by atoms with Gasteiger partial charge in [0.2, 0.25) is 11.8 Å². The molecule has 2 bridgehead atoms. The maximum atomic E-state index is 12.7. The molecule has 9 heteroatoms. The summed E-state index contributed by atoms with van der Waals surface area (Å²) in [5.74, 6) is 1.01. The van der Waals surface area contributed by atoms with Crippen LogP contribution in [0.3, 0.4) is 0 Å². The van der Waals surface area contributed by atoms with E-state index < -0.39 is 0 Å². The summed E-state index contributed by atoms with van der Waals surface area (Å²) in [7, 11) is 0. The van der Waals surface area contributed by atoms with Gasteiger partial charge >= 0.3 is 0 Å². The van der Waals surface area contributed by atoms with Crippen LogP contribution in [0.5, 0.6) is 0 Å². The predicted octanol–water partition coefficient (Wildman–Crippen LogP) is 1.56. The van der Waals surface area contributed by atoms with Gasteiger partial charge in [-0.05, 0) is 44.1 Å². The van der Waals surface area contributed by atoms with Gasteiger partial charge in [0.05, 0.1) is 18.0 Å². The van der Waals surface area contributed by atoms with Gasteiger partial charge in [-0.2, -0.15) is 5.10 Å². The van der Waals surface area contributed by atoms with Gasteiger partial charge in [-0.25, -0.2) is 0 Å². The number of carbonyl (C=O) groups is 2. The van der Waals surface area contributed by atoms with E-state index in [0.29, 0.717) is 25.6 Å². The first kappa shape index (κ1) is 22.8. The molecule has 2 amide bonds. The zero-order chi connectivity index (χ0) is 20.4. The number of halogens is 1. The molecule has 2 N–H and O–H groups in total. The van der Waals surface area contributed by atoms with Gasteiger partial charge in [0.25, 0.3) is 0 Å². The number of hydrogen-bond acceptors (Lipinski definition) is 4. The Morgan fingerprint density at radius 1 is 1.17 bits per heavy atom. The first-order valence-electron chi connectivity index (χ1n) is 10.6. The van der Waals surface area contributed by atoms with Crippen LogP contribution >= 0.6 is 24.0 Å². The zero-order valence-electron chi connectivity index (χ0n) is 17.6. The van der Waals surface area contributed by atoms with Crippen LogP contribution in [0, 0.1) is 30.6 Å². The molecule has 2 heterocycles. The summed E-state index contributed by atoms with van der Waals surface area (Å²) in [5, 5.41) is 10.7. The molecule has 1 aromatic rings. The molecular weight excluding hydrogens is 495 g/mol. The van der Waals surface area contributed by atoms with Crippen molar-refractivity contribution in [3.63, 3.8) is 0 Å². The maximum absolute atomic E-state index is 12.7. The first-order valence-corrected chi connectivity index (χ1v) is 10.6. The van der Waals surface area contributed by atoms with Crippen LogP contribution in [-0.2, 0) is 16.1 Å². The van der Waals surface area contributed by atoms with Crippen molar-refractivity contribution >= 4 is 41.8 Å². The Balaban J connectivity index is 0.00000256. The van der Waals surface area contributed by atoms with Crippen LogP contribution in [0.2, 0.25) is 0 Å². The molecule has 1 aliphatic heterocycles. The van der Waals surface area contributed by atoms with E-state index in [1.165, 1.54) is 4.90 Å². The van der Waals surface area contributed by atoms with E-state index in [0.717, 1.165) is 31.5 Å². The van der Waals surface area contributed by atoms with Crippen molar-refractivity contribution in [3.05, 3.63) is 30.1 Å². The molecule has 4 unspecified atom stereocenters. The van der Waals surface area contributed by atoms with E-state index in [1.807, 2.05) is 30.9 Å². The molecule has 0 radical (unpaired) electrons. The highest BCUT2D eigenvalue weighted by molar-refractivity contribution is 14.0. The molecule has 0 spiro atoms. The normalized spacial score (nSPS) is 26.9. The van der Waals surface area contributed by atoms with E-state index in [9.17, 15) is 9.59 Å². The first-order chi connectivity index (χ1) is 14.1. The van der Waals surface area contributed by atoms with Crippen LogP contribution in [0.15, 0.2) is 29.5 Å². The second-order valence-electron chi connectivity index (χ2n) is 8.15. The van der Waals surface area contributed by atoms with E-state index >= 15 is 0 Å². The molecule has 164 valence electrons. The monoisotopic (exact) mass is 526 g/mol. The van der Waals surface area contributed by atoms with Crippen molar-refractivity contribution < 1.29 is 9.59 Å². The van der Waals surface area contributed by atoms with Crippen molar-refractivity contribution in [2.75, 3.05) is 26.2 Å². The maximum Gasteiger partial charge on any atom is 0.233 e. The smallest absolute Gasteiger partial charge is 0.233 e. The number of likely N-dealkylation sites (tertiary alicyclic amines) is 1. The topological polar surface area (TPSA) is 91.6 Å². The van der Waals surface area contributed by atoms with E-state index in [4.69, 9.17) is 0 Å². The highest BCUT2D eigenvalue weighted by atomic mass is 127. The summed E-state index contributed by atoms with van der Waals surface area (Å²) in [5.41, 5.74) is 1.16. The van der Waals surface area contributed by atoms with Gasteiger partial charge in [0.15, 0.2) is 5.96 Å².